The molecule has 136 valence electrons. The third-order valence-corrected chi connectivity index (χ3v) is 4.40. The van der Waals surface area contributed by atoms with Crippen LogP contribution < -0.4 is 21.7 Å². The number of nitrogens with two attached hydrogens (primary N) is 1. The van der Waals surface area contributed by atoms with Crippen LogP contribution in [0, 0.1) is 11.3 Å². The lowest BCUT2D eigenvalue weighted by molar-refractivity contribution is -0.117. The van der Waals surface area contributed by atoms with Gasteiger partial charge in [-0.3, -0.25) is 15.2 Å². The number of amides is 1. The fourth-order valence-electron chi connectivity index (χ4n) is 2.94. The van der Waals surface area contributed by atoms with Crippen LogP contribution in [0.25, 0.3) is 5.57 Å². The van der Waals surface area contributed by atoms with E-state index in [1.54, 1.807) is 24.5 Å². The summed E-state index contributed by atoms with van der Waals surface area (Å²) in [4.78, 5) is 20.8. The molecule has 2 aliphatic rings. The maximum atomic E-state index is 12.3. The molecule has 26 heavy (non-hydrogen) atoms. The summed E-state index contributed by atoms with van der Waals surface area (Å²) in [6, 6.07) is 5.36. The Morgan fingerprint density at radius 3 is 2.77 bits per heavy atom. The predicted octanol–water partition coefficient (Wildman–Crippen LogP) is 0.360. The van der Waals surface area contributed by atoms with Crippen molar-refractivity contribution in [2.45, 2.75) is 12.8 Å². The number of carbonyl (C=O) groups is 1. The number of hydrogen-bond donors (Lipinski definition) is 5. The second-order valence-corrected chi connectivity index (χ2v) is 6.26. The SMILES string of the molecule is N=C(N)/C(=C1\N=CC(C(=O)NCC2CCNCC2)=CN1)c1ccccn1. The number of nitrogens with zero attached hydrogens (tertiary/aromatic N) is 2. The van der Waals surface area contributed by atoms with E-state index in [4.69, 9.17) is 11.1 Å². The molecule has 0 saturated carbocycles. The highest BCUT2D eigenvalue weighted by Crippen LogP contribution is 2.18. The monoisotopic (exact) mass is 353 g/mol. The standard InChI is InChI=1S/C18H23N7O/c19-16(20)15(14-3-1-2-6-22-14)17-23-10-13(11-24-17)18(26)25-9-12-4-7-21-8-5-12/h1-3,6,10-12,21,23H,4-5,7-9H2,(H3,19,20)(H,25,26)/b17-15-. The van der Waals surface area contributed by atoms with Gasteiger partial charge in [0.2, 0.25) is 0 Å². The molecule has 1 amide bonds. The summed E-state index contributed by atoms with van der Waals surface area (Å²) in [5.41, 5.74) is 7.07. The van der Waals surface area contributed by atoms with E-state index in [9.17, 15) is 4.79 Å². The highest BCUT2D eigenvalue weighted by Gasteiger charge is 2.18. The highest BCUT2D eigenvalue weighted by atomic mass is 16.1. The molecule has 8 nitrogen and oxygen atoms in total. The number of pyridine rings is 1. The number of nitrogens with one attached hydrogen (secondary N) is 4. The van der Waals surface area contributed by atoms with Crippen molar-refractivity contribution in [1.82, 2.24) is 20.9 Å². The molecule has 1 aromatic rings. The van der Waals surface area contributed by atoms with Gasteiger partial charge in [-0.05, 0) is 44.0 Å². The molecule has 0 unspecified atom stereocenters. The molecule has 0 aliphatic carbocycles. The quantitative estimate of drug-likeness (QED) is 0.386. The fraction of sp³-hybridized carbons (Fsp3) is 0.333. The molecular weight excluding hydrogens is 330 g/mol. The second-order valence-electron chi connectivity index (χ2n) is 6.26. The molecule has 2 aliphatic heterocycles. The Morgan fingerprint density at radius 2 is 2.15 bits per heavy atom. The zero-order valence-electron chi connectivity index (χ0n) is 14.5. The molecule has 1 fully saturated rings. The third-order valence-electron chi connectivity index (χ3n) is 4.40. The lowest BCUT2D eigenvalue weighted by Gasteiger charge is -2.23. The van der Waals surface area contributed by atoms with Gasteiger partial charge in [-0.15, -0.1) is 0 Å². The van der Waals surface area contributed by atoms with Crippen molar-refractivity contribution in [3.05, 3.63) is 47.7 Å². The molecule has 0 aromatic carbocycles. The van der Waals surface area contributed by atoms with E-state index in [-0.39, 0.29) is 11.7 Å². The number of hydrogen-bond acceptors (Lipinski definition) is 6. The summed E-state index contributed by atoms with van der Waals surface area (Å²) >= 11 is 0. The molecule has 0 atom stereocenters. The highest BCUT2D eigenvalue weighted by molar-refractivity contribution is 6.21. The van der Waals surface area contributed by atoms with E-state index < -0.39 is 0 Å². The number of piperidine rings is 1. The van der Waals surface area contributed by atoms with Gasteiger partial charge in [-0.2, -0.15) is 0 Å². The van der Waals surface area contributed by atoms with Gasteiger partial charge in [0.1, 0.15) is 11.7 Å². The normalized spacial score (nSPS) is 19.3. The lowest BCUT2D eigenvalue weighted by Crippen LogP contribution is -2.37. The zero-order valence-corrected chi connectivity index (χ0v) is 14.5. The molecule has 1 aromatic heterocycles. The fourth-order valence-corrected chi connectivity index (χ4v) is 2.94. The van der Waals surface area contributed by atoms with E-state index in [0.29, 0.717) is 35.1 Å². The van der Waals surface area contributed by atoms with Gasteiger partial charge in [0.05, 0.1) is 16.8 Å². The van der Waals surface area contributed by atoms with Gasteiger partial charge >= 0.3 is 0 Å². The summed E-state index contributed by atoms with van der Waals surface area (Å²) in [5, 5.41) is 17.0. The molecule has 3 rings (SSSR count). The summed E-state index contributed by atoms with van der Waals surface area (Å²) in [7, 11) is 0. The van der Waals surface area contributed by atoms with Crippen LogP contribution in [-0.2, 0) is 4.79 Å². The number of rotatable bonds is 5. The van der Waals surface area contributed by atoms with Crippen molar-refractivity contribution in [2.75, 3.05) is 19.6 Å². The van der Waals surface area contributed by atoms with Crippen LogP contribution in [-0.4, -0.2) is 42.6 Å². The van der Waals surface area contributed by atoms with Crippen molar-refractivity contribution in [2.24, 2.45) is 16.6 Å². The Morgan fingerprint density at radius 1 is 1.35 bits per heavy atom. The maximum Gasteiger partial charge on any atom is 0.254 e. The molecule has 0 spiro atoms. The number of amidine groups is 1. The Hall–Kier alpha value is -3.00. The van der Waals surface area contributed by atoms with Gasteiger partial charge in [-0.1, -0.05) is 6.07 Å². The largest absolute Gasteiger partial charge is 0.384 e. The third kappa shape index (κ3) is 4.34. The summed E-state index contributed by atoms with van der Waals surface area (Å²) < 4.78 is 0. The smallest absolute Gasteiger partial charge is 0.254 e. The first-order valence-corrected chi connectivity index (χ1v) is 8.65. The van der Waals surface area contributed by atoms with Gasteiger partial charge in [-0.25, -0.2) is 4.99 Å². The van der Waals surface area contributed by atoms with Crippen molar-refractivity contribution in [1.29, 1.82) is 5.41 Å². The summed E-state index contributed by atoms with van der Waals surface area (Å²) in [5.74, 6) is 0.598. The second kappa shape index (κ2) is 8.39. The Bertz CT molecular complexity index is 761. The molecule has 6 N–H and O–H groups in total. The average Bonchev–Trinajstić information content (AvgIpc) is 2.68. The minimum atomic E-state index is -0.166. The summed E-state index contributed by atoms with van der Waals surface area (Å²) in [6.07, 6.45) is 6.83. The molecule has 0 radical (unpaired) electrons. The first-order chi connectivity index (χ1) is 12.6. The predicted molar refractivity (Wildman–Crippen MR) is 101 cm³/mol. The van der Waals surface area contributed by atoms with E-state index in [2.05, 4.69) is 25.9 Å². The van der Waals surface area contributed by atoms with Crippen LogP contribution in [0.3, 0.4) is 0 Å². The number of aromatic nitrogens is 1. The Labute approximate surface area is 152 Å². The van der Waals surface area contributed by atoms with Crippen LogP contribution in [0.15, 0.2) is 47.0 Å². The van der Waals surface area contributed by atoms with Crippen molar-refractivity contribution in [3.63, 3.8) is 0 Å². The van der Waals surface area contributed by atoms with Gasteiger partial charge < -0.3 is 21.7 Å². The van der Waals surface area contributed by atoms with E-state index in [0.717, 1.165) is 25.9 Å². The van der Waals surface area contributed by atoms with E-state index in [1.165, 1.54) is 6.21 Å². The molecule has 1 saturated heterocycles. The first-order valence-electron chi connectivity index (χ1n) is 8.65. The molecule has 8 heteroatoms. The first kappa shape index (κ1) is 17.8. The van der Waals surface area contributed by atoms with Crippen molar-refractivity contribution in [3.8, 4) is 0 Å². The lowest BCUT2D eigenvalue weighted by atomic mass is 9.98. The minimum Gasteiger partial charge on any atom is -0.384 e. The Kier molecular flexibility index (Phi) is 5.75. The van der Waals surface area contributed by atoms with Crippen LogP contribution in [0.1, 0.15) is 18.5 Å². The maximum absolute atomic E-state index is 12.3. The van der Waals surface area contributed by atoms with Crippen molar-refractivity contribution >= 4 is 23.5 Å². The molecule has 0 bridgehead atoms. The topological polar surface area (TPSA) is 128 Å². The van der Waals surface area contributed by atoms with Crippen LogP contribution in [0.5, 0.6) is 0 Å². The van der Waals surface area contributed by atoms with Crippen LogP contribution in [0.4, 0.5) is 0 Å². The van der Waals surface area contributed by atoms with Gasteiger partial charge in [0.15, 0.2) is 0 Å². The van der Waals surface area contributed by atoms with Gasteiger partial charge in [0.25, 0.3) is 5.91 Å². The minimum absolute atomic E-state index is 0.143. The van der Waals surface area contributed by atoms with Crippen molar-refractivity contribution < 1.29 is 4.79 Å². The number of carbonyl (C=O) groups excluding carboxylic acids is 1. The average molecular weight is 353 g/mol. The summed E-state index contributed by atoms with van der Waals surface area (Å²) in [6.45, 7) is 2.67. The van der Waals surface area contributed by atoms with Crippen LogP contribution in [0.2, 0.25) is 0 Å². The molecule has 3 heterocycles. The number of aliphatic imine (C=N–C) groups is 1. The zero-order chi connectivity index (χ0) is 18.4. The van der Waals surface area contributed by atoms with E-state index >= 15 is 0 Å². The Balaban J connectivity index is 1.66. The van der Waals surface area contributed by atoms with Crippen LogP contribution >= 0.6 is 0 Å². The van der Waals surface area contributed by atoms with Gasteiger partial charge in [0, 0.05) is 25.2 Å². The van der Waals surface area contributed by atoms with E-state index in [1.807, 2.05) is 6.07 Å². The molecular formula is C18H23N7O.